The summed E-state index contributed by atoms with van der Waals surface area (Å²) in [5, 5.41) is 21.4. The van der Waals surface area contributed by atoms with Crippen LogP contribution in [0.25, 0.3) is 11.0 Å². The van der Waals surface area contributed by atoms with E-state index in [0.29, 0.717) is 39.0 Å². The summed E-state index contributed by atoms with van der Waals surface area (Å²) in [6, 6.07) is 18.3. The van der Waals surface area contributed by atoms with Crippen molar-refractivity contribution in [2.75, 3.05) is 16.8 Å². The highest BCUT2D eigenvalue weighted by Gasteiger charge is 2.50. The van der Waals surface area contributed by atoms with Crippen LogP contribution < -0.4 is 9.80 Å². The number of aliphatic hydroxyl groups is 1. The topological polar surface area (TPSA) is 127 Å². The maximum atomic E-state index is 13.5. The molecule has 0 bridgehead atoms. The molecule has 3 aromatic carbocycles. The maximum absolute atomic E-state index is 13.5. The van der Waals surface area contributed by atoms with E-state index >= 15 is 0 Å². The number of nitrogens with zero attached hydrogens (tertiary/aromatic N) is 3. The Labute approximate surface area is 193 Å². The number of aromatic nitrogens is 2. The summed E-state index contributed by atoms with van der Waals surface area (Å²) in [6.07, 6.45) is -1.18. The minimum absolute atomic E-state index is 0.126. The lowest BCUT2D eigenvalue weighted by Gasteiger charge is -2.35. The van der Waals surface area contributed by atoms with Crippen molar-refractivity contribution in [2.24, 2.45) is 0 Å². The molecule has 1 aliphatic rings. The highest BCUT2D eigenvalue weighted by Crippen LogP contribution is 2.45. The van der Waals surface area contributed by atoms with Crippen molar-refractivity contribution in [1.82, 2.24) is 9.97 Å². The van der Waals surface area contributed by atoms with Gasteiger partial charge in [0.05, 0.1) is 11.0 Å². The zero-order valence-electron chi connectivity index (χ0n) is 18.3. The number of hydrogen-bond donors (Lipinski definition) is 3. The van der Waals surface area contributed by atoms with Gasteiger partial charge in [0.1, 0.15) is 0 Å². The Hall–Kier alpha value is -4.50. The van der Waals surface area contributed by atoms with Gasteiger partial charge in [0.2, 0.25) is 5.95 Å². The van der Waals surface area contributed by atoms with Crippen LogP contribution in [0.2, 0.25) is 0 Å². The highest BCUT2D eigenvalue weighted by atomic mass is 16.4. The minimum atomic E-state index is -1.88. The second-order valence-electron chi connectivity index (χ2n) is 8.10. The Kier molecular flexibility index (Phi) is 4.73. The van der Waals surface area contributed by atoms with E-state index in [9.17, 15) is 24.6 Å². The van der Waals surface area contributed by atoms with Gasteiger partial charge >= 0.3 is 6.09 Å². The number of hydrogen-bond acceptors (Lipinski definition) is 5. The maximum Gasteiger partial charge on any atom is 0.413 e. The average molecular weight is 456 g/mol. The number of aromatic amines is 1. The molecule has 2 amide bonds. The molecule has 4 aromatic rings. The number of amides is 2. The predicted molar refractivity (Wildman–Crippen MR) is 125 cm³/mol. The number of Topliss-reactive ketones (excluding diaryl/α,β-unsaturated/α-hetero) is 1. The van der Waals surface area contributed by atoms with Gasteiger partial charge in [-0.2, -0.15) is 0 Å². The van der Waals surface area contributed by atoms with Gasteiger partial charge in [0, 0.05) is 35.0 Å². The Morgan fingerprint density at radius 3 is 2.56 bits per heavy atom. The Bertz CT molecular complexity index is 1490. The third-order valence-electron chi connectivity index (χ3n) is 6.05. The van der Waals surface area contributed by atoms with Gasteiger partial charge in [-0.15, -0.1) is 0 Å². The van der Waals surface area contributed by atoms with Crippen LogP contribution in [0.3, 0.4) is 0 Å². The number of H-pyrrole nitrogens is 1. The zero-order valence-corrected chi connectivity index (χ0v) is 18.3. The van der Waals surface area contributed by atoms with Crippen molar-refractivity contribution in [3.05, 3.63) is 89.0 Å². The van der Waals surface area contributed by atoms with Crippen molar-refractivity contribution >= 4 is 40.5 Å². The fourth-order valence-corrected chi connectivity index (χ4v) is 4.27. The molecule has 0 fully saturated rings. The number of imidazole rings is 1. The van der Waals surface area contributed by atoms with Crippen molar-refractivity contribution in [3.8, 4) is 0 Å². The van der Waals surface area contributed by atoms with E-state index in [1.54, 1.807) is 66.7 Å². The molecule has 5 rings (SSSR count). The van der Waals surface area contributed by atoms with Gasteiger partial charge in [-0.1, -0.05) is 36.4 Å². The lowest BCUT2D eigenvalue weighted by molar-refractivity contribution is 0.0703. The minimum Gasteiger partial charge on any atom is -0.465 e. The number of ketones is 1. The van der Waals surface area contributed by atoms with Gasteiger partial charge in [0.25, 0.3) is 5.91 Å². The molecule has 1 atom stereocenters. The fraction of sp³-hybridized carbons (Fsp3) is 0.120. The van der Waals surface area contributed by atoms with Gasteiger partial charge in [-0.3, -0.25) is 19.4 Å². The number of rotatable bonds is 4. The normalized spacial score (nSPS) is 17.1. The highest BCUT2D eigenvalue weighted by molar-refractivity contribution is 6.13. The first-order valence-corrected chi connectivity index (χ1v) is 10.5. The van der Waals surface area contributed by atoms with Crippen molar-refractivity contribution in [3.63, 3.8) is 0 Å². The van der Waals surface area contributed by atoms with Crippen LogP contribution in [0, 0.1) is 0 Å². The molecule has 0 spiro atoms. The summed E-state index contributed by atoms with van der Waals surface area (Å²) in [4.78, 5) is 46.3. The lowest BCUT2D eigenvalue weighted by Crippen LogP contribution is -2.45. The molecular formula is C25H20N4O5. The quantitative estimate of drug-likeness (QED) is 0.402. The van der Waals surface area contributed by atoms with Crippen LogP contribution in [0.1, 0.15) is 38.8 Å². The standard InChI is InChI=1S/C25H20N4O5/c1-14(30)15-6-5-7-17(12-15)29-22(31)18-8-3-4-9-19(18)25(29,34)16-10-11-20-21(13-16)27-23(26-20)28(2)24(32)33/h3-13,34H,1-2H3,(H,26,27)(H,32,33). The third-order valence-corrected chi connectivity index (χ3v) is 6.05. The monoisotopic (exact) mass is 456 g/mol. The molecule has 0 radical (unpaired) electrons. The van der Waals surface area contributed by atoms with Gasteiger partial charge in [-0.05, 0) is 37.3 Å². The zero-order chi connectivity index (χ0) is 24.2. The number of carboxylic acid groups (broad SMARTS) is 1. The molecule has 34 heavy (non-hydrogen) atoms. The number of benzene rings is 3. The molecule has 2 heterocycles. The largest absolute Gasteiger partial charge is 0.465 e. The van der Waals surface area contributed by atoms with E-state index in [4.69, 9.17) is 0 Å². The Morgan fingerprint density at radius 1 is 1.06 bits per heavy atom. The molecule has 0 aliphatic carbocycles. The summed E-state index contributed by atoms with van der Waals surface area (Å²) in [6.45, 7) is 1.43. The van der Waals surface area contributed by atoms with Crippen LogP contribution in [0.15, 0.2) is 66.7 Å². The van der Waals surface area contributed by atoms with Gasteiger partial charge in [0.15, 0.2) is 11.5 Å². The number of carbonyl (C=O) groups is 3. The number of fused-ring (bicyclic) bond motifs is 2. The smallest absolute Gasteiger partial charge is 0.413 e. The first-order chi connectivity index (χ1) is 16.2. The Balaban J connectivity index is 1.71. The first kappa shape index (κ1) is 21.4. The van der Waals surface area contributed by atoms with E-state index in [1.807, 2.05) is 0 Å². The van der Waals surface area contributed by atoms with E-state index < -0.39 is 17.7 Å². The molecule has 0 saturated heterocycles. The summed E-state index contributed by atoms with van der Waals surface area (Å²) in [5.41, 5.74) is 0.981. The first-order valence-electron chi connectivity index (χ1n) is 10.5. The second kappa shape index (κ2) is 7.53. The molecular weight excluding hydrogens is 436 g/mol. The second-order valence-corrected chi connectivity index (χ2v) is 8.10. The predicted octanol–water partition coefficient (Wildman–Crippen LogP) is 3.73. The summed E-state index contributed by atoms with van der Waals surface area (Å²) in [7, 11) is 1.37. The van der Waals surface area contributed by atoms with E-state index in [0.717, 1.165) is 4.90 Å². The van der Waals surface area contributed by atoms with Crippen LogP contribution >= 0.6 is 0 Å². The SMILES string of the molecule is CC(=O)c1cccc(N2C(=O)c3ccccc3C2(O)c2ccc3[nH]c(N(C)C(=O)O)nc3c2)c1. The molecule has 1 unspecified atom stereocenters. The van der Waals surface area contributed by atoms with Crippen LogP contribution in [0.4, 0.5) is 16.4 Å². The van der Waals surface area contributed by atoms with Crippen molar-refractivity contribution < 1.29 is 24.6 Å². The molecule has 170 valence electrons. The number of anilines is 2. The molecule has 1 aromatic heterocycles. The lowest BCUT2D eigenvalue weighted by atomic mass is 9.93. The number of nitrogens with one attached hydrogen (secondary N) is 1. The van der Waals surface area contributed by atoms with E-state index in [2.05, 4.69) is 9.97 Å². The average Bonchev–Trinajstić information content (AvgIpc) is 3.36. The molecule has 3 N–H and O–H groups in total. The summed E-state index contributed by atoms with van der Waals surface area (Å²) in [5.74, 6) is -0.449. The van der Waals surface area contributed by atoms with Gasteiger partial charge in [-0.25, -0.2) is 9.78 Å². The van der Waals surface area contributed by atoms with E-state index in [-0.39, 0.29) is 11.7 Å². The summed E-state index contributed by atoms with van der Waals surface area (Å²) >= 11 is 0. The molecule has 9 nitrogen and oxygen atoms in total. The molecule has 0 saturated carbocycles. The van der Waals surface area contributed by atoms with Crippen LogP contribution in [-0.2, 0) is 5.72 Å². The van der Waals surface area contributed by atoms with Crippen LogP contribution in [-0.4, -0.2) is 45.0 Å². The van der Waals surface area contributed by atoms with Crippen molar-refractivity contribution in [1.29, 1.82) is 0 Å². The van der Waals surface area contributed by atoms with Gasteiger partial charge < -0.3 is 15.2 Å². The Morgan fingerprint density at radius 2 is 1.82 bits per heavy atom. The number of carbonyl (C=O) groups excluding carboxylic acids is 2. The third kappa shape index (κ3) is 3.06. The molecule has 9 heteroatoms. The summed E-state index contributed by atoms with van der Waals surface area (Å²) < 4.78 is 0. The van der Waals surface area contributed by atoms with Crippen molar-refractivity contribution in [2.45, 2.75) is 12.6 Å². The fourth-order valence-electron chi connectivity index (χ4n) is 4.27. The van der Waals surface area contributed by atoms with E-state index in [1.165, 1.54) is 18.9 Å². The van der Waals surface area contributed by atoms with Crippen LogP contribution in [0.5, 0.6) is 0 Å². The molecule has 1 aliphatic heterocycles.